The van der Waals surface area contributed by atoms with Gasteiger partial charge in [0.1, 0.15) is 5.82 Å². The number of carboxylic acid groups (broad SMARTS) is 2. The third-order valence-electron chi connectivity index (χ3n) is 7.31. The molecule has 0 saturated heterocycles. The third-order valence-corrected chi connectivity index (χ3v) is 7.63. The number of benzene rings is 2. The maximum Gasteiger partial charge on any atom is 0.335 e. The normalized spacial score (nSPS) is 16.7. The lowest BCUT2D eigenvalue weighted by atomic mass is 9.89. The number of hydrogen-bond donors (Lipinski definition) is 7. The molecule has 1 aliphatic carbocycles. The summed E-state index contributed by atoms with van der Waals surface area (Å²) < 4.78 is 14.7. The van der Waals surface area contributed by atoms with Gasteiger partial charge in [0.05, 0.1) is 16.3 Å². The number of nitrogens with one attached hydrogen (secondary N) is 3. The Labute approximate surface area is 242 Å². The second-order valence-electron chi connectivity index (χ2n) is 10.3. The number of fused-ring (bicyclic) bond motifs is 1. The van der Waals surface area contributed by atoms with Gasteiger partial charge in [0.2, 0.25) is 0 Å². The van der Waals surface area contributed by atoms with Crippen molar-refractivity contribution >= 4 is 35.1 Å². The molecule has 12 heteroatoms. The van der Waals surface area contributed by atoms with Crippen molar-refractivity contribution in [2.24, 2.45) is 5.92 Å². The number of aliphatic hydroxyl groups excluding tert-OH is 2. The van der Waals surface area contributed by atoms with Crippen LogP contribution in [0, 0.1) is 11.7 Å². The van der Waals surface area contributed by atoms with Crippen LogP contribution in [-0.4, -0.2) is 70.1 Å². The molecule has 1 fully saturated rings. The summed E-state index contributed by atoms with van der Waals surface area (Å²) in [4.78, 5) is 32.0. The van der Waals surface area contributed by atoms with Crippen LogP contribution in [0.2, 0.25) is 5.02 Å². The smallest absolute Gasteiger partial charge is 0.335 e. The topological polar surface area (TPSA) is 168 Å². The lowest BCUT2D eigenvalue weighted by molar-refractivity contribution is -0.165. The van der Waals surface area contributed by atoms with Crippen LogP contribution >= 0.6 is 11.6 Å². The number of carbonyl (C=O) groups excluding carboxylic acids is 1. The first-order chi connectivity index (χ1) is 19.6. The van der Waals surface area contributed by atoms with Crippen molar-refractivity contribution in [1.29, 1.82) is 0 Å². The molecule has 0 spiro atoms. The van der Waals surface area contributed by atoms with Gasteiger partial charge in [-0.25, -0.2) is 14.0 Å². The van der Waals surface area contributed by atoms with Crippen LogP contribution in [0.3, 0.4) is 0 Å². The fraction of sp³-hybridized carbons (Fsp3) is 0.483. The Morgan fingerprint density at radius 3 is 2.27 bits per heavy atom. The van der Waals surface area contributed by atoms with E-state index in [1.807, 2.05) is 12.1 Å². The minimum Gasteiger partial charge on any atom is -0.479 e. The molecule has 2 atom stereocenters. The molecule has 41 heavy (non-hydrogen) atoms. The molecule has 0 radical (unpaired) electrons. The molecule has 2 aromatic rings. The van der Waals surface area contributed by atoms with Crippen molar-refractivity contribution in [3.05, 3.63) is 63.4 Å². The van der Waals surface area contributed by atoms with Crippen molar-refractivity contribution in [2.45, 2.75) is 63.7 Å². The molecule has 224 valence electrons. The Bertz CT molecular complexity index is 1210. The molecule has 10 nitrogen and oxygen atoms in total. The van der Waals surface area contributed by atoms with Crippen molar-refractivity contribution in [3.8, 4) is 0 Å². The van der Waals surface area contributed by atoms with Crippen molar-refractivity contribution in [2.75, 3.05) is 25.0 Å². The summed E-state index contributed by atoms with van der Waals surface area (Å²) in [6.45, 7) is 2.96. The predicted molar refractivity (Wildman–Crippen MR) is 152 cm³/mol. The highest BCUT2D eigenvalue weighted by Crippen LogP contribution is 2.31. The Morgan fingerprint density at radius 2 is 1.63 bits per heavy atom. The highest BCUT2D eigenvalue weighted by Gasteiger charge is 2.29. The summed E-state index contributed by atoms with van der Waals surface area (Å²) in [5.74, 6) is -3.83. The molecule has 7 N–H and O–H groups in total. The maximum absolute atomic E-state index is 14.7. The number of anilines is 1. The minimum atomic E-state index is -2.27. The van der Waals surface area contributed by atoms with Crippen LogP contribution < -0.4 is 16.0 Å². The molecule has 2 aromatic carbocycles. The SMILES string of the molecule is O=C(NCC1CCCCC1)c1ccc(CNc2c(Cl)ccc3c2CCNCC3)cc1F.O=C(O)[C@H](O)[C@@H](O)C(=O)O. The average Bonchev–Trinajstić information content (AvgIpc) is 3.21. The molecule has 2 aliphatic rings. The van der Waals surface area contributed by atoms with Gasteiger partial charge in [-0.1, -0.05) is 43.0 Å². The summed E-state index contributed by atoms with van der Waals surface area (Å²) >= 11 is 6.47. The van der Waals surface area contributed by atoms with E-state index in [2.05, 4.69) is 22.0 Å². The third kappa shape index (κ3) is 9.39. The van der Waals surface area contributed by atoms with Crippen LogP contribution in [0.4, 0.5) is 10.1 Å². The van der Waals surface area contributed by atoms with E-state index >= 15 is 0 Å². The average molecular weight is 594 g/mol. The minimum absolute atomic E-state index is 0.109. The van der Waals surface area contributed by atoms with E-state index in [1.54, 1.807) is 6.07 Å². The second kappa shape index (κ2) is 15.7. The van der Waals surface area contributed by atoms with Crippen molar-refractivity contribution < 1.29 is 39.2 Å². The van der Waals surface area contributed by atoms with Crippen LogP contribution in [0.25, 0.3) is 0 Å². The monoisotopic (exact) mass is 593 g/mol. The lowest BCUT2D eigenvalue weighted by Gasteiger charge is -2.21. The number of carboxylic acids is 2. The van der Waals surface area contributed by atoms with Gasteiger partial charge in [-0.05, 0) is 79.6 Å². The van der Waals surface area contributed by atoms with Gasteiger partial charge in [0.25, 0.3) is 5.91 Å². The number of aliphatic hydroxyl groups is 2. The number of halogens is 2. The van der Waals surface area contributed by atoms with Gasteiger partial charge in [0.15, 0.2) is 12.2 Å². The summed E-state index contributed by atoms with van der Waals surface area (Å²) in [7, 11) is 0. The lowest BCUT2D eigenvalue weighted by Crippen LogP contribution is -2.39. The number of hydrogen-bond acceptors (Lipinski definition) is 7. The van der Waals surface area contributed by atoms with E-state index in [0.717, 1.165) is 50.0 Å². The van der Waals surface area contributed by atoms with E-state index in [-0.39, 0.29) is 11.5 Å². The fourth-order valence-corrected chi connectivity index (χ4v) is 5.22. The summed E-state index contributed by atoms with van der Waals surface area (Å²) in [6.07, 6.45) is 3.37. The van der Waals surface area contributed by atoms with Crippen LogP contribution in [0.5, 0.6) is 0 Å². The fourth-order valence-electron chi connectivity index (χ4n) is 4.97. The zero-order chi connectivity index (χ0) is 29.9. The van der Waals surface area contributed by atoms with Crippen LogP contribution in [0.15, 0.2) is 30.3 Å². The van der Waals surface area contributed by atoms with E-state index < -0.39 is 30.0 Å². The van der Waals surface area contributed by atoms with Gasteiger partial charge in [-0.3, -0.25) is 4.79 Å². The summed E-state index contributed by atoms with van der Waals surface area (Å²) in [6, 6.07) is 8.85. The highest BCUT2D eigenvalue weighted by atomic mass is 35.5. The Morgan fingerprint density at radius 1 is 0.976 bits per heavy atom. The van der Waals surface area contributed by atoms with E-state index in [0.29, 0.717) is 24.0 Å². The Hall–Kier alpha value is -3.25. The largest absolute Gasteiger partial charge is 0.479 e. The molecular weight excluding hydrogens is 557 g/mol. The molecule has 4 rings (SSSR count). The second-order valence-corrected chi connectivity index (χ2v) is 10.7. The first-order valence-electron chi connectivity index (χ1n) is 13.7. The quantitative estimate of drug-likeness (QED) is 0.231. The predicted octanol–water partition coefficient (Wildman–Crippen LogP) is 2.97. The molecule has 0 aromatic heterocycles. The first-order valence-corrected chi connectivity index (χ1v) is 14.1. The molecule has 1 saturated carbocycles. The van der Waals surface area contributed by atoms with Crippen LogP contribution in [0.1, 0.15) is 59.2 Å². The van der Waals surface area contributed by atoms with Crippen molar-refractivity contribution in [3.63, 3.8) is 0 Å². The van der Waals surface area contributed by atoms with Crippen LogP contribution in [-0.2, 0) is 29.0 Å². The standard InChI is InChI=1S/C25H31ClFN3O.C4H6O6/c26-22-9-7-19-10-12-28-13-11-20(19)24(22)29-16-18-6-8-21(23(27)14-18)25(31)30-15-17-4-2-1-3-5-17;5-1(3(7)8)2(6)4(9)10/h6-9,14,17,28-29H,1-5,10-13,15-16H2,(H,30,31);1-2,5-6H,(H,7,8)(H,9,10)/t;1-,2-/m.1/s1. The summed E-state index contributed by atoms with van der Waals surface area (Å²) in [5.41, 5.74) is 4.35. The zero-order valence-corrected chi connectivity index (χ0v) is 23.4. The van der Waals surface area contributed by atoms with E-state index in [9.17, 15) is 18.8 Å². The summed E-state index contributed by atoms with van der Waals surface area (Å²) in [5, 5.41) is 42.9. The number of aliphatic carboxylic acids is 2. The molecule has 0 unspecified atom stereocenters. The Kier molecular flexibility index (Phi) is 12.3. The Balaban J connectivity index is 0.000000397. The van der Waals surface area contributed by atoms with Gasteiger partial charge < -0.3 is 36.4 Å². The number of carbonyl (C=O) groups is 3. The molecule has 1 amide bonds. The first kappa shape index (κ1) is 32.3. The number of rotatable bonds is 9. The zero-order valence-electron chi connectivity index (χ0n) is 22.7. The molecular formula is C29H37ClFN3O7. The molecule has 1 aliphatic heterocycles. The highest BCUT2D eigenvalue weighted by molar-refractivity contribution is 6.33. The van der Waals surface area contributed by atoms with Gasteiger partial charge >= 0.3 is 11.9 Å². The molecule has 1 heterocycles. The number of amides is 1. The van der Waals surface area contributed by atoms with E-state index in [1.165, 1.54) is 36.5 Å². The van der Waals surface area contributed by atoms with Crippen molar-refractivity contribution in [1.82, 2.24) is 10.6 Å². The van der Waals surface area contributed by atoms with Gasteiger partial charge in [0, 0.05) is 13.1 Å². The van der Waals surface area contributed by atoms with Gasteiger partial charge in [-0.15, -0.1) is 0 Å². The van der Waals surface area contributed by atoms with Gasteiger partial charge in [-0.2, -0.15) is 0 Å². The maximum atomic E-state index is 14.7. The molecule has 0 bridgehead atoms. The van der Waals surface area contributed by atoms with E-state index in [4.69, 9.17) is 32.0 Å².